The van der Waals surface area contributed by atoms with Gasteiger partial charge in [0.1, 0.15) is 5.69 Å². The van der Waals surface area contributed by atoms with Gasteiger partial charge in [-0.2, -0.15) is 0 Å². The second-order valence-electron chi connectivity index (χ2n) is 7.25. The summed E-state index contributed by atoms with van der Waals surface area (Å²) in [6.07, 6.45) is 0.885. The fraction of sp³-hybridized carbons (Fsp3) is 0.304. The number of aromatic nitrogens is 1. The summed E-state index contributed by atoms with van der Waals surface area (Å²) in [5, 5.41) is 1.09. The van der Waals surface area contributed by atoms with E-state index in [1.54, 1.807) is 4.90 Å². The maximum absolute atomic E-state index is 13.5. The monoisotopic (exact) mass is 377 g/mol. The molecule has 0 aliphatic rings. The molecule has 0 saturated carbocycles. The van der Waals surface area contributed by atoms with E-state index in [0.29, 0.717) is 18.8 Å². The third-order valence-electron chi connectivity index (χ3n) is 5.30. The topological polar surface area (TPSA) is 68.3 Å². The molecule has 5 nitrogen and oxygen atoms in total. The van der Waals surface area contributed by atoms with Crippen molar-refractivity contribution < 1.29 is 9.59 Å². The van der Waals surface area contributed by atoms with Crippen molar-refractivity contribution in [1.29, 1.82) is 0 Å². The van der Waals surface area contributed by atoms with Crippen LogP contribution in [0.2, 0.25) is 0 Å². The molecule has 146 valence electrons. The number of carbonyl (C=O) groups is 2. The maximum atomic E-state index is 13.5. The lowest BCUT2D eigenvalue weighted by atomic mass is 10.1. The minimum Gasteiger partial charge on any atom is -0.370 e. The summed E-state index contributed by atoms with van der Waals surface area (Å²) >= 11 is 0. The van der Waals surface area contributed by atoms with Gasteiger partial charge in [0.2, 0.25) is 5.91 Å². The fourth-order valence-electron chi connectivity index (χ4n) is 3.82. The van der Waals surface area contributed by atoms with Crippen LogP contribution in [0.25, 0.3) is 10.9 Å². The van der Waals surface area contributed by atoms with Crippen LogP contribution >= 0.6 is 0 Å². The summed E-state index contributed by atoms with van der Waals surface area (Å²) in [6.45, 7) is 4.89. The summed E-state index contributed by atoms with van der Waals surface area (Å²) in [5.74, 6) is -0.463. The molecule has 1 heterocycles. The van der Waals surface area contributed by atoms with Crippen LogP contribution in [-0.4, -0.2) is 34.4 Å². The number of carbonyl (C=O) groups excluding carboxylic acids is 2. The van der Waals surface area contributed by atoms with E-state index in [9.17, 15) is 9.59 Å². The molecule has 28 heavy (non-hydrogen) atoms. The Morgan fingerprint density at radius 1 is 1.00 bits per heavy atom. The fourth-order valence-corrected chi connectivity index (χ4v) is 3.82. The summed E-state index contributed by atoms with van der Waals surface area (Å²) in [6, 6.07) is 16.1. The second kappa shape index (κ2) is 8.30. The smallest absolute Gasteiger partial charge is 0.270 e. The zero-order valence-corrected chi connectivity index (χ0v) is 16.7. The Morgan fingerprint density at radius 2 is 1.71 bits per heavy atom. The minimum absolute atomic E-state index is 0.0622. The van der Waals surface area contributed by atoms with Crippen LogP contribution in [0.5, 0.6) is 0 Å². The van der Waals surface area contributed by atoms with Crippen LogP contribution in [0, 0.1) is 13.8 Å². The average Bonchev–Trinajstić information content (AvgIpc) is 2.93. The van der Waals surface area contributed by atoms with E-state index in [2.05, 4.69) is 13.0 Å². The Morgan fingerprint density at radius 3 is 2.36 bits per heavy atom. The van der Waals surface area contributed by atoms with Crippen molar-refractivity contribution in [2.45, 2.75) is 26.7 Å². The molecule has 2 N–H and O–H groups in total. The van der Waals surface area contributed by atoms with Crippen molar-refractivity contribution >= 4 is 22.7 Å². The van der Waals surface area contributed by atoms with E-state index >= 15 is 0 Å². The zero-order chi connectivity index (χ0) is 20.3. The van der Waals surface area contributed by atoms with E-state index in [1.165, 1.54) is 0 Å². The van der Waals surface area contributed by atoms with E-state index in [4.69, 9.17) is 5.73 Å². The van der Waals surface area contributed by atoms with Gasteiger partial charge in [-0.15, -0.1) is 0 Å². The van der Waals surface area contributed by atoms with Crippen molar-refractivity contribution in [2.75, 3.05) is 13.1 Å². The summed E-state index contributed by atoms with van der Waals surface area (Å²) < 4.78 is 1.97. The molecule has 0 radical (unpaired) electrons. The predicted molar refractivity (Wildman–Crippen MR) is 112 cm³/mol. The average molecular weight is 377 g/mol. The van der Waals surface area contributed by atoms with Gasteiger partial charge in [0.15, 0.2) is 0 Å². The number of benzene rings is 2. The number of nitrogens with two attached hydrogens (primary N) is 1. The van der Waals surface area contributed by atoms with E-state index in [0.717, 1.165) is 34.0 Å². The first-order chi connectivity index (χ1) is 13.4. The number of hydrogen-bond acceptors (Lipinski definition) is 2. The molecular formula is C23H27N3O2. The van der Waals surface area contributed by atoms with E-state index < -0.39 is 5.91 Å². The number of hydrogen-bond donors (Lipinski definition) is 1. The third-order valence-corrected chi connectivity index (χ3v) is 5.30. The van der Waals surface area contributed by atoms with Gasteiger partial charge in [0, 0.05) is 31.9 Å². The van der Waals surface area contributed by atoms with Crippen molar-refractivity contribution in [3.8, 4) is 0 Å². The number of rotatable bonds is 7. The molecule has 0 saturated heterocycles. The highest BCUT2D eigenvalue weighted by atomic mass is 16.2. The van der Waals surface area contributed by atoms with E-state index in [1.807, 2.05) is 61.0 Å². The maximum Gasteiger partial charge on any atom is 0.270 e. The van der Waals surface area contributed by atoms with Crippen molar-refractivity contribution in [3.05, 3.63) is 70.9 Å². The molecule has 3 aromatic rings. The normalized spacial score (nSPS) is 11.0. The van der Waals surface area contributed by atoms with Crippen molar-refractivity contribution in [2.24, 2.45) is 12.8 Å². The predicted octanol–water partition coefficient (Wildman–Crippen LogP) is 3.36. The Bertz CT molecular complexity index is 1010. The van der Waals surface area contributed by atoms with Gasteiger partial charge in [-0.05, 0) is 37.0 Å². The number of fused-ring (bicyclic) bond motifs is 1. The van der Waals surface area contributed by atoms with Gasteiger partial charge in [-0.25, -0.2) is 0 Å². The van der Waals surface area contributed by atoms with Gasteiger partial charge in [-0.1, -0.05) is 48.5 Å². The number of primary amides is 1. The van der Waals surface area contributed by atoms with Gasteiger partial charge in [0.25, 0.3) is 5.91 Å². The van der Waals surface area contributed by atoms with Gasteiger partial charge < -0.3 is 15.2 Å². The number of nitrogens with zero attached hydrogens (tertiary/aromatic N) is 2. The van der Waals surface area contributed by atoms with Crippen LogP contribution in [0.4, 0.5) is 0 Å². The van der Waals surface area contributed by atoms with Crippen LogP contribution in [0.15, 0.2) is 48.5 Å². The first kappa shape index (κ1) is 19.7. The molecule has 1 aromatic heterocycles. The van der Waals surface area contributed by atoms with Crippen molar-refractivity contribution in [3.63, 3.8) is 0 Å². The molecule has 0 atom stereocenters. The summed E-state index contributed by atoms with van der Waals surface area (Å²) in [7, 11) is 1.93. The Hall–Kier alpha value is -3.08. The second-order valence-corrected chi connectivity index (χ2v) is 7.25. The van der Waals surface area contributed by atoms with Crippen LogP contribution < -0.4 is 5.73 Å². The molecule has 3 rings (SSSR count). The largest absolute Gasteiger partial charge is 0.370 e. The molecule has 0 spiro atoms. The Labute approximate surface area is 165 Å². The molecule has 2 aromatic carbocycles. The molecule has 0 unspecified atom stereocenters. The zero-order valence-electron chi connectivity index (χ0n) is 16.7. The molecule has 0 aliphatic carbocycles. The van der Waals surface area contributed by atoms with Crippen LogP contribution in [-0.2, 0) is 18.3 Å². The first-order valence-electron chi connectivity index (χ1n) is 9.56. The van der Waals surface area contributed by atoms with Crippen LogP contribution in [0.1, 0.15) is 33.6 Å². The van der Waals surface area contributed by atoms with Gasteiger partial charge in [-0.3, -0.25) is 9.59 Å². The number of amides is 2. The molecule has 5 heteroatoms. The minimum atomic E-state index is -0.401. The lowest BCUT2D eigenvalue weighted by Gasteiger charge is -2.23. The van der Waals surface area contributed by atoms with Crippen LogP contribution in [0.3, 0.4) is 0 Å². The highest BCUT2D eigenvalue weighted by Crippen LogP contribution is 2.28. The third kappa shape index (κ3) is 3.93. The Balaban J connectivity index is 1.93. The molecule has 0 fully saturated rings. The lowest BCUT2D eigenvalue weighted by molar-refractivity contribution is -0.118. The quantitative estimate of drug-likeness (QED) is 0.686. The van der Waals surface area contributed by atoms with Gasteiger partial charge in [0.05, 0.1) is 5.52 Å². The standard InChI is InChI=1S/C23H27N3O2/c1-16-8-7-11-19-17(2)22(25(3)21(16)19)23(28)26(15-13-20(24)27)14-12-18-9-5-4-6-10-18/h4-11H,12-15H2,1-3H3,(H2,24,27). The summed E-state index contributed by atoms with van der Waals surface area (Å²) in [5.41, 5.74) is 10.3. The first-order valence-corrected chi connectivity index (χ1v) is 9.56. The SMILES string of the molecule is Cc1c(C(=O)N(CCC(N)=O)CCc2ccccc2)n(C)c2c(C)cccc12. The molecule has 0 bridgehead atoms. The number of aryl methyl sites for hydroxylation is 3. The molecule has 2 amide bonds. The number of para-hydroxylation sites is 1. The summed E-state index contributed by atoms with van der Waals surface area (Å²) in [4.78, 5) is 26.5. The Kier molecular flexibility index (Phi) is 5.83. The lowest BCUT2D eigenvalue weighted by Crippen LogP contribution is -2.37. The van der Waals surface area contributed by atoms with E-state index in [-0.39, 0.29) is 12.3 Å². The highest BCUT2D eigenvalue weighted by Gasteiger charge is 2.24. The van der Waals surface area contributed by atoms with Crippen molar-refractivity contribution in [1.82, 2.24) is 9.47 Å². The molecular weight excluding hydrogens is 350 g/mol. The highest BCUT2D eigenvalue weighted by molar-refractivity contribution is 6.02. The molecule has 0 aliphatic heterocycles. The van der Waals surface area contributed by atoms with Gasteiger partial charge >= 0.3 is 0 Å².